The van der Waals surface area contributed by atoms with Crippen LogP contribution in [0.15, 0.2) is 82.2 Å². The number of carbonyl (C=O) groups is 1. The van der Waals surface area contributed by atoms with E-state index in [4.69, 9.17) is 0 Å². The first-order chi connectivity index (χ1) is 11.1. The number of aromatic nitrogens is 1. The standard InChI is InChI=1S/C18H13BrN2O2/c19-14-8-6-13(7-9-14)18(23)20-15-10-11-17(22)21(12-15)16-4-2-1-3-5-16/h1-12H,(H,20,23). The lowest BCUT2D eigenvalue weighted by Gasteiger charge is -2.09. The molecule has 1 amide bonds. The third kappa shape index (κ3) is 3.57. The number of benzene rings is 2. The number of pyridine rings is 1. The number of anilines is 1. The number of carbonyl (C=O) groups excluding carboxylic acids is 1. The van der Waals surface area contributed by atoms with Gasteiger partial charge in [-0.25, -0.2) is 0 Å². The van der Waals surface area contributed by atoms with Crippen LogP contribution in [0.3, 0.4) is 0 Å². The van der Waals surface area contributed by atoms with E-state index in [2.05, 4.69) is 21.2 Å². The number of nitrogens with one attached hydrogen (secondary N) is 1. The molecule has 23 heavy (non-hydrogen) atoms. The highest BCUT2D eigenvalue weighted by atomic mass is 79.9. The Balaban J connectivity index is 1.88. The van der Waals surface area contributed by atoms with Crippen molar-refractivity contribution in [3.05, 3.63) is 93.3 Å². The summed E-state index contributed by atoms with van der Waals surface area (Å²) in [5.74, 6) is -0.226. The number of halogens is 1. The largest absolute Gasteiger partial charge is 0.321 e. The first-order valence-corrected chi connectivity index (χ1v) is 7.78. The third-order valence-electron chi connectivity index (χ3n) is 3.31. The van der Waals surface area contributed by atoms with Gasteiger partial charge in [-0.2, -0.15) is 0 Å². The first-order valence-electron chi connectivity index (χ1n) is 6.98. The van der Waals surface area contributed by atoms with Crippen LogP contribution in [0.5, 0.6) is 0 Å². The van der Waals surface area contributed by atoms with Crippen molar-refractivity contribution >= 4 is 27.5 Å². The number of rotatable bonds is 3. The molecule has 0 atom stereocenters. The van der Waals surface area contributed by atoms with Crippen molar-refractivity contribution < 1.29 is 4.79 Å². The van der Waals surface area contributed by atoms with Crippen LogP contribution in [0.25, 0.3) is 5.69 Å². The summed E-state index contributed by atoms with van der Waals surface area (Å²) >= 11 is 3.34. The van der Waals surface area contributed by atoms with E-state index in [-0.39, 0.29) is 11.5 Å². The maximum Gasteiger partial charge on any atom is 0.255 e. The maximum atomic E-state index is 12.2. The molecule has 2 aromatic carbocycles. The molecule has 0 bridgehead atoms. The Morgan fingerprint density at radius 3 is 2.30 bits per heavy atom. The van der Waals surface area contributed by atoms with E-state index < -0.39 is 0 Å². The minimum Gasteiger partial charge on any atom is -0.321 e. The second kappa shape index (κ2) is 6.62. The molecule has 0 fully saturated rings. The van der Waals surface area contributed by atoms with Crippen molar-refractivity contribution in [2.45, 2.75) is 0 Å². The van der Waals surface area contributed by atoms with E-state index in [0.29, 0.717) is 11.3 Å². The summed E-state index contributed by atoms with van der Waals surface area (Å²) in [6.07, 6.45) is 1.62. The van der Waals surface area contributed by atoms with Crippen molar-refractivity contribution in [1.82, 2.24) is 4.57 Å². The van der Waals surface area contributed by atoms with Gasteiger partial charge in [0.1, 0.15) is 0 Å². The summed E-state index contributed by atoms with van der Waals surface area (Å²) < 4.78 is 2.41. The molecule has 114 valence electrons. The van der Waals surface area contributed by atoms with Crippen LogP contribution < -0.4 is 10.9 Å². The molecule has 0 spiro atoms. The van der Waals surface area contributed by atoms with Gasteiger partial charge in [0, 0.05) is 28.0 Å². The number of nitrogens with zero attached hydrogens (tertiary/aromatic N) is 1. The molecule has 0 saturated carbocycles. The number of hydrogen-bond acceptors (Lipinski definition) is 2. The van der Waals surface area contributed by atoms with E-state index in [1.165, 1.54) is 10.6 Å². The molecule has 3 rings (SSSR count). The molecule has 5 heteroatoms. The highest BCUT2D eigenvalue weighted by molar-refractivity contribution is 9.10. The van der Waals surface area contributed by atoms with Crippen molar-refractivity contribution in [3.63, 3.8) is 0 Å². The predicted molar refractivity (Wildman–Crippen MR) is 94.1 cm³/mol. The number of hydrogen-bond donors (Lipinski definition) is 1. The van der Waals surface area contributed by atoms with Gasteiger partial charge in [-0.05, 0) is 42.5 Å². The first kappa shape index (κ1) is 15.2. The van der Waals surface area contributed by atoms with Crippen molar-refractivity contribution in [2.24, 2.45) is 0 Å². The Morgan fingerprint density at radius 1 is 0.913 bits per heavy atom. The zero-order valence-electron chi connectivity index (χ0n) is 12.1. The summed E-state index contributed by atoms with van der Waals surface area (Å²) in [7, 11) is 0. The van der Waals surface area contributed by atoms with Gasteiger partial charge in [0.2, 0.25) is 0 Å². The fourth-order valence-corrected chi connectivity index (χ4v) is 2.42. The maximum absolute atomic E-state index is 12.2. The van der Waals surface area contributed by atoms with E-state index >= 15 is 0 Å². The van der Waals surface area contributed by atoms with Crippen molar-refractivity contribution in [2.75, 3.05) is 5.32 Å². The van der Waals surface area contributed by atoms with Crippen molar-refractivity contribution in [3.8, 4) is 5.69 Å². The third-order valence-corrected chi connectivity index (χ3v) is 3.84. The topological polar surface area (TPSA) is 51.1 Å². The van der Waals surface area contributed by atoms with Gasteiger partial charge >= 0.3 is 0 Å². The van der Waals surface area contributed by atoms with Gasteiger partial charge in [-0.1, -0.05) is 34.1 Å². The minimum atomic E-state index is -0.226. The SMILES string of the molecule is O=C(Nc1ccc(=O)n(-c2ccccc2)c1)c1ccc(Br)cc1. The molecule has 0 aliphatic rings. The van der Waals surface area contributed by atoms with Gasteiger partial charge in [0.25, 0.3) is 11.5 Å². The van der Waals surface area contributed by atoms with E-state index in [1.54, 1.807) is 36.5 Å². The molecule has 0 aliphatic carbocycles. The van der Waals surface area contributed by atoms with Crippen LogP contribution >= 0.6 is 15.9 Å². The van der Waals surface area contributed by atoms with Crippen molar-refractivity contribution in [1.29, 1.82) is 0 Å². The Morgan fingerprint density at radius 2 is 1.61 bits per heavy atom. The molecular formula is C18H13BrN2O2. The highest BCUT2D eigenvalue weighted by Crippen LogP contribution is 2.13. The van der Waals surface area contributed by atoms with Crippen LogP contribution in [0.2, 0.25) is 0 Å². The fourth-order valence-electron chi connectivity index (χ4n) is 2.16. The zero-order chi connectivity index (χ0) is 16.2. The predicted octanol–water partition coefficient (Wildman–Crippen LogP) is 3.85. The smallest absolute Gasteiger partial charge is 0.255 e. The monoisotopic (exact) mass is 368 g/mol. The summed E-state index contributed by atoms with van der Waals surface area (Å²) in [6.45, 7) is 0. The summed E-state index contributed by atoms with van der Waals surface area (Å²) in [6, 6.07) is 19.4. The van der Waals surface area contributed by atoms with Gasteiger partial charge < -0.3 is 5.32 Å². The van der Waals surface area contributed by atoms with Crippen LogP contribution in [-0.2, 0) is 0 Å². The Hall–Kier alpha value is -2.66. The lowest BCUT2D eigenvalue weighted by molar-refractivity contribution is 0.102. The zero-order valence-corrected chi connectivity index (χ0v) is 13.7. The van der Waals surface area contributed by atoms with E-state index in [9.17, 15) is 9.59 Å². The molecule has 0 radical (unpaired) electrons. The van der Waals surface area contributed by atoms with Crippen LogP contribution in [0.1, 0.15) is 10.4 Å². The molecule has 0 saturated heterocycles. The van der Waals surface area contributed by atoms with Crippen LogP contribution in [-0.4, -0.2) is 10.5 Å². The molecular weight excluding hydrogens is 356 g/mol. The Labute approximate surface area is 141 Å². The molecule has 0 aliphatic heterocycles. The summed E-state index contributed by atoms with van der Waals surface area (Å²) in [4.78, 5) is 24.3. The Bertz CT molecular complexity index is 887. The van der Waals surface area contributed by atoms with E-state index in [1.807, 2.05) is 30.3 Å². The van der Waals surface area contributed by atoms with E-state index in [0.717, 1.165) is 10.2 Å². The summed E-state index contributed by atoms with van der Waals surface area (Å²) in [5, 5.41) is 2.80. The van der Waals surface area contributed by atoms with Gasteiger partial charge in [-0.3, -0.25) is 14.2 Å². The number of amides is 1. The second-order valence-electron chi connectivity index (χ2n) is 4.92. The lowest BCUT2D eigenvalue weighted by atomic mass is 10.2. The highest BCUT2D eigenvalue weighted by Gasteiger charge is 2.07. The number of para-hydroxylation sites is 1. The molecule has 1 heterocycles. The average Bonchev–Trinajstić information content (AvgIpc) is 2.58. The lowest BCUT2D eigenvalue weighted by Crippen LogP contribution is -2.19. The quantitative estimate of drug-likeness (QED) is 0.763. The molecule has 3 aromatic rings. The van der Waals surface area contributed by atoms with Crippen LogP contribution in [0, 0.1) is 0 Å². The van der Waals surface area contributed by atoms with Gasteiger partial charge in [0.05, 0.1) is 5.69 Å². The molecule has 1 aromatic heterocycles. The molecule has 4 nitrogen and oxygen atoms in total. The average molecular weight is 369 g/mol. The Kier molecular flexibility index (Phi) is 4.39. The normalized spacial score (nSPS) is 10.3. The van der Waals surface area contributed by atoms with Gasteiger partial charge in [-0.15, -0.1) is 0 Å². The molecule has 0 unspecified atom stereocenters. The summed E-state index contributed by atoms with van der Waals surface area (Å²) in [5.41, 5.74) is 1.70. The minimum absolute atomic E-state index is 0.155. The van der Waals surface area contributed by atoms with Gasteiger partial charge in [0.15, 0.2) is 0 Å². The fraction of sp³-hybridized carbons (Fsp3) is 0. The second-order valence-corrected chi connectivity index (χ2v) is 5.84. The molecule has 1 N–H and O–H groups in total. The van der Waals surface area contributed by atoms with Crippen LogP contribution in [0.4, 0.5) is 5.69 Å².